The molecule has 140 valence electrons. The van der Waals surface area contributed by atoms with Crippen molar-refractivity contribution < 1.29 is 18.6 Å². The average molecular weight is 376 g/mol. The van der Waals surface area contributed by atoms with Gasteiger partial charge in [0.05, 0.1) is 18.0 Å². The number of hydrogen-bond acceptors (Lipinski definition) is 5. The van der Waals surface area contributed by atoms with E-state index in [-0.39, 0.29) is 17.0 Å². The van der Waals surface area contributed by atoms with Gasteiger partial charge in [-0.15, -0.1) is 0 Å². The molecule has 0 saturated carbocycles. The van der Waals surface area contributed by atoms with Crippen molar-refractivity contribution in [2.75, 3.05) is 17.5 Å². The van der Waals surface area contributed by atoms with Crippen molar-refractivity contribution in [2.24, 2.45) is 0 Å². The van der Waals surface area contributed by atoms with Crippen LogP contribution in [0.4, 0.5) is 5.69 Å². The van der Waals surface area contributed by atoms with Crippen molar-refractivity contribution >= 4 is 15.7 Å². The molecule has 0 aromatic heterocycles. The van der Waals surface area contributed by atoms with Gasteiger partial charge in [0.15, 0.2) is 0 Å². The maximum Gasteiger partial charge on any atom is 0.229 e. The lowest BCUT2D eigenvalue weighted by Crippen LogP contribution is -2.45. The van der Waals surface area contributed by atoms with Gasteiger partial charge in [-0.2, -0.15) is 0 Å². The molecule has 2 aromatic carbocycles. The van der Waals surface area contributed by atoms with Crippen LogP contribution in [0.25, 0.3) is 0 Å². The van der Waals surface area contributed by atoms with E-state index < -0.39 is 16.1 Å². The fourth-order valence-electron chi connectivity index (χ4n) is 3.43. The Kier molecular flexibility index (Phi) is 4.96. The second-order valence-corrected chi connectivity index (χ2v) is 8.98. The van der Waals surface area contributed by atoms with E-state index in [0.29, 0.717) is 12.1 Å². The number of anilines is 1. The van der Waals surface area contributed by atoms with Gasteiger partial charge >= 0.3 is 0 Å². The summed E-state index contributed by atoms with van der Waals surface area (Å²) in [5.74, 6) is -0.183. The molecule has 0 saturated heterocycles. The van der Waals surface area contributed by atoms with Gasteiger partial charge in [0.2, 0.25) is 10.0 Å². The summed E-state index contributed by atoms with van der Waals surface area (Å²) >= 11 is 0. The van der Waals surface area contributed by atoms with Gasteiger partial charge in [-0.3, -0.25) is 4.72 Å². The van der Waals surface area contributed by atoms with Crippen LogP contribution < -0.4 is 10.0 Å². The zero-order chi connectivity index (χ0) is 18.9. The zero-order valence-corrected chi connectivity index (χ0v) is 15.7. The lowest BCUT2D eigenvalue weighted by molar-refractivity contribution is 0.159. The molecule has 1 aliphatic carbocycles. The first kappa shape index (κ1) is 18.7. The molecular weight excluding hydrogens is 352 g/mol. The molecule has 0 bridgehead atoms. The van der Waals surface area contributed by atoms with E-state index in [2.05, 4.69) is 29.1 Å². The third-order valence-electron chi connectivity index (χ3n) is 4.70. The smallest absolute Gasteiger partial charge is 0.229 e. The molecule has 2 aromatic rings. The van der Waals surface area contributed by atoms with Gasteiger partial charge < -0.3 is 15.5 Å². The van der Waals surface area contributed by atoms with Gasteiger partial charge in [0.25, 0.3) is 0 Å². The molecule has 1 aliphatic rings. The summed E-state index contributed by atoms with van der Waals surface area (Å²) in [5.41, 5.74) is 3.10. The topological polar surface area (TPSA) is 98.7 Å². The summed E-state index contributed by atoms with van der Waals surface area (Å²) in [7, 11) is -3.52. The quantitative estimate of drug-likeness (QED) is 0.578. The number of β-amino-alcohol motifs (C(OH)–C–C–N with tert-alkyl or cyclic N) is 1. The minimum absolute atomic E-state index is 0.0588. The van der Waals surface area contributed by atoms with Gasteiger partial charge in [-0.05, 0) is 48.6 Å². The van der Waals surface area contributed by atoms with Crippen LogP contribution in [0, 0.1) is 0 Å². The van der Waals surface area contributed by atoms with Crippen LogP contribution in [0.5, 0.6) is 5.75 Å². The minimum atomic E-state index is -3.52. The van der Waals surface area contributed by atoms with Gasteiger partial charge in [-0.1, -0.05) is 30.3 Å². The van der Waals surface area contributed by atoms with Crippen LogP contribution in [0.15, 0.2) is 42.5 Å². The molecule has 0 unspecified atom stereocenters. The van der Waals surface area contributed by atoms with Crippen molar-refractivity contribution in [1.29, 1.82) is 0 Å². The predicted octanol–water partition coefficient (Wildman–Crippen LogP) is 1.94. The molecular formula is C19H24N2O4S. The fraction of sp³-hybridized carbons (Fsp3) is 0.368. The van der Waals surface area contributed by atoms with E-state index in [1.807, 2.05) is 12.1 Å². The number of rotatable bonds is 6. The molecule has 0 amide bonds. The van der Waals surface area contributed by atoms with Crippen molar-refractivity contribution in [3.63, 3.8) is 0 Å². The lowest BCUT2D eigenvalue weighted by Gasteiger charge is -2.27. The summed E-state index contributed by atoms with van der Waals surface area (Å²) in [4.78, 5) is 0. The Hall–Kier alpha value is -2.09. The molecule has 0 fully saturated rings. The second kappa shape index (κ2) is 6.90. The normalized spacial score (nSPS) is 16.9. The molecule has 1 atom stereocenters. The number of fused-ring (bicyclic) bond motifs is 1. The summed E-state index contributed by atoms with van der Waals surface area (Å²) in [6.45, 7) is 2.46. The van der Waals surface area contributed by atoms with Crippen LogP contribution in [0.2, 0.25) is 0 Å². The highest BCUT2D eigenvalue weighted by molar-refractivity contribution is 7.92. The first-order valence-electron chi connectivity index (χ1n) is 8.46. The Morgan fingerprint density at radius 1 is 1.15 bits per heavy atom. The summed E-state index contributed by atoms with van der Waals surface area (Å²) in [6.07, 6.45) is 1.98. The summed E-state index contributed by atoms with van der Waals surface area (Å²) in [6, 6.07) is 12.7. The number of aliphatic hydroxyl groups excluding tert-OH is 1. The summed E-state index contributed by atoms with van der Waals surface area (Å²) in [5, 5.41) is 23.7. The number of sulfonamides is 1. The predicted molar refractivity (Wildman–Crippen MR) is 102 cm³/mol. The Bertz CT molecular complexity index is 887. The third kappa shape index (κ3) is 4.35. The van der Waals surface area contributed by atoms with Crippen LogP contribution in [0.1, 0.15) is 29.7 Å². The largest absolute Gasteiger partial charge is 0.506 e. The highest BCUT2D eigenvalue weighted by Gasteiger charge is 2.32. The maximum atomic E-state index is 11.4. The standard InChI is InChI=1S/C19H24N2O4S/c1-19(10-14-5-3-4-6-15(14)11-19)20-12-18(23)13-7-8-17(22)16(9-13)21-26(2,24)25/h3-9,18,20-23H,10-12H2,1-2H3/t18-/m0/s1. The van der Waals surface area contributed by atoms with Crippen LogP contribution in [0.3, 0.4) is 0 Å². The van der Waals surface area contributed by atoms with E-state index in [1.54, 1.807) is 6.07 Å². The maximum absolute atomic E-state index is 11.4. The molecule has 0 heterocycles. The van der Waals surface area contributed by atoms with Crippen LogP contribution >= 0.6 is 0 Å². The van der Waals surface area contributed by atoms with Crippen LogP contribution in [-0.2, 0) is 22.9 Å². The third-order valence-corrected chi connectivity index (χ3v) is 5.29. The van der Waals surface area contributed by atoms with E-state index >= 15 is 0 Å². The number of hydrogen-bond donors (Lipinski definition) is 4. The molecule has 0 aliphatic heterocycles. The first-order valence-corrected chi connectivity index (χ1v) is 10.3. The number of phenolic OH excluding ortho intramolecular Hbond substituents is 1. The zero-order valence-electron chi connectivity index (χ0n) is 14.9. The number of benzene rings is 2. The van der Waals surface area contributed by atoms with Gasteiger partial charge in [0.1, 0.15) is 5.75 Å². The highest BCUT2D eigenvalue weighted by atomic mass is 32.2. The van der Waals surface area contributed by atoms with E-state index in [0.717, 1.165) is 19.1 Å². The number of aromatic hydroxyl groups is 1. The fourth-order valence-corrected chi connectivity index (χ4v) is 4.00. The number of phenols is 1. The Morgan fingerprint density at radius 2 is 1.77 bits per heavy atom. The van der Waals surface area contributed by atoms with E-state index in [1.165, 1.54) is 23.3 Å². The Morgan fingerprint density at radius 3 is 2.35 bits per heavy atom. The molecule has 6 nitrogen and oxygen atoms in total. The SMILES string of the molecule is CC1(NC[C@H](O)c2ccc(O)c(NS(C)(=O)=O)c2)Cc2ccccc2C1. The molecule has 0 radical (unpaired) electrons. The molecule has 0 spiro atoms. The van der Waals surface area contributed by atoms with Crippen molar-refractivity contribution in [3.05, 3.63) is 59.2 Å². The summed E-state index contributed by atoms with van der Waals surface area (Å²) < 4.78 is 25.0. The number of aliphatic hydroxyl groups is 1. The Balaban J connectivity index is 1.67. The highest BCUT2D eigenvalue weighted by Crippen LogP contribution is 2.31. The Labute approximate surface area is 153 Å². The number of nitrogens with one attached hydrogen (secondary N) is 2. The van der Waals surface area contributed by atoms with Gasteiger partial charge in [-0.25, -0.2) is 8.42 Å². The minimum Gasteiger partial charge on any atom is -0.506 e. The average Bonchev–Trinajstić information content (AvgIpc) is 2.90. The van der Waals surface area contributed by atoms with E-state index in [9.17, 15) is 18.6 Å². The van der Waals surface area contributed by atoms with Crippen LogP contribution in [-0.4, -0.2) is 37.0 Å². The molecule has 7 heteroatoms. The molecule has 4 N–H and O–H groups in total. The van der Waals surface area contributed by atoms with Crippen molar-refractivity contribution in [2.45, 2.75) is 31.4 Å². The van der Waals surface area contributed by atoms with Crippen molar-refractivity contribution in [1.82, 2.24) is 5.32 Å². The molecule has 26 heavy (non-hydrogen) atoms. The monoisotopic (exact) mass is 376 g/mol. The van der Waals surface area contributed by atoms with Gasteiger partial charge in [0, 0.05) is 12.1 Å². The first-order chi connectivity index (χ1) is 12.2. The second-order valence-electron chi connectivity index (χ2n) is 7.23. The van der Waals surface area contributed by atoms with Crippen molar-refractivity contribution in [3.8, 4) is 5.75 Å². The lowest BCUT2D eigenvalue weighted by atomic mass is 9.97. The van der Waals surface area contributed by atoms with E-state index in [4.69, 9.17) is 0 Å². The molecule has 3 rings (SSSR count).